The summed E-state index contributed by atoms with van der Waals surface area (Å²) in [5.41, 5.74) is 7.91. The van der Waals surface area contributed by atoms with Gasteiger partial charge in [0.25, 0.3) is 0 Å². The minimum atomic E-state index is 0.268. The molecule has 2 aliphatic rings. The van der Waals surface area contributed by atoms with Crippen LogP contribution in [0.4, 0.5) is 0 Å². The van der Waals surface area contributed by atoms with Crippen LogP contribution in [0.15, 0.2) is 16.8 Å². The molecule has 2 nitrogen and oxygen atoms in total. The number of rotatable bonds is 4. The lowest BCUT2D eigenvalue weighted by molar-refractivity contribution is 0.0472. The molecule has 4 atom stereocenters. The first-order chi connectivity index (χ1) is 9.79. The fraction of sp³-hybridized carbons (Fsp3) is 0.765. The van der Waals surface area contributed by atoms with Gasteiger partial charge in [-0.25, -0.2) is 0 Å². The number of hydrogen-bond acceptors (Lipinski definition) is 3. The zero-order valence-electron chi connectivity index (χ0n) is 12.6. The summed E-state index contributed by atoms with van der Waals surface area (Å²) in [5, 5.41) is 4.49. The van der Waals surface area contributed by atoms with Gasteiger partial charge in [0, 0.05) is 12.6 Å². The van der Waals surface area contributed by atoms with Gasteiger partial charge in [0.15, 0.2) is 0 Å². The number of piperidine rings is 1. The second-order valence-corrected chi connectivity index (χ2v) is 7.44. The molecule has 0 amide bonds. The zero-order chi connectivity index (χ0) is 13.9. The van der Waals surface area contributed by atoms with E-state index in [1.165, 1.54) is 50.8 Å². The number of nitrogens with zero attached hydrogens (tertiary/aromatic N) is 1. The molecule has 0 aromatic carbocycles. The van der Waals surface area contributed by atoms with E-state index in [1.807, 2.05) is 0 Å². The second kappa shape index (κ2) is 6.59. The predicted molar refractivity (Wildman–Crippen MR) is 87.0 cm³/mol. The van der Waals surface area contributed by atoms with Crippen molar-refractivity contribution in [2.75, 3.05) is 13.1 Å². The Morgan fingerprint density at radius 1 is 1.30 bits per heavy atom. The van der Waals surface area contributed by atoms with Crippen molar-refractivity contribution in [2.45, 2.75) is 57.5 Å². The first-order valence-corrected chi connectivity index (χ1v) is 9.25. The highest BCUT2D eigenvalue weighted by Crippen LogP contribution is 2.39. The largest absolute Gasteiger partial charge is 0.326 e. The van der Waals surface area contributed by atoms with E-state index in [9.17, 15) is 0 Å². The molecular weight excluding hydrogens is 264 g/mol. The molecular formula is C17H28N2S. The predicted octanol–water partition coefficient (Wildman–Crippen LogP) is 4.04. The van der Waals surface area contributed by atoms with Crippen molar-refractivity contribution in [2.24, 2.45) is 17.6 Å². The van der Waals surface area contributed by atoms with Crippen LogP contribution in [-0.2, 0) is 0 Å². The Balaban J connectivity index is 1.74. The third kappa shape index (κ3) is 2.95. The molecule has 0 radical (unpaired) electrons. The van der Waals surface area contributed by atoms with Crippen LogP contribution in [0.25, 0.3) is 0 Å². The van der Waals surface area contributed by atoms with Crippen molar-refractivity contribution in [3.63, 3.8) is 0 Å². The van der Waals surface area contributed by atoms with E-state index in [1.54, 1.807) is 11.3 Å². The minimum absolute atomic E-state index is 0.268. The third-order valence-electron chi connectivity index (χ3n) is 5.48. The SMILES string of the molecule is CCC(N)C(c1ccsc1)N1CCC2CCCCC2C1. The molecule has 2 fully saturated rings. The van der Waals surface area contributed by atoms with Crippen molar-refractivity contribution in [3.8, 4) is 0 Å². The average Bonchev–Trinajstić information content (AvgIpc) is 3.01. The molecule has 1 aromatic rings. The lowest BCUT2D eigenvalue weighted by Crippen LogP contribution is -2.48. The first kappa shape index (κ1) is 14.6. The van der Waals surface area contributed by atoms with E-state index in [2.05, 4.69) is 28.7 Å². The number of thiophene rings is 1. The van der Waals surface area contributed by atoms with Crippen molar-refractivity contribution in [3.05, 3.63) is 22.4 Å². The first-order valence-electron chi connectivity index (χ1n) is 8.31. The standard InChI is InChI=1S/C17H28N2S/c1-2-16(18)17(15-8-10-20-12-15)19-9-7-13-5-3-4-6-14(13)11-19/h8,10,12-14,16-17H,2-7,9,11,18H2,1H3. The van der Waals surface area contributed by atoms with Gasteiger partial charge in [-0.1, -0.05) is 26.2 Å². The summed E-state index contributed by atoms with van der Waals surface area (Å²) < 4.78 is 0. The fourth-order valence-corrected chi connectivity index (χ4v) is 4.97. The molecule has 2 heterocycles. The van der Waals surface area contributed by atoms with Crippen LogP contribution in [0.2, 0.25) is 0 Å². The van der Waals surface area contributed by atoms with Gasteiger partial charge in [0.2, 0.25) is 0 Å². The van der Waals surface area contributed by atoms with Gasteiger partial charge in [0.05, 0.1) is 6.04 Å². The van der Waals surface area contributed by atoms with Crippen LogP contribution in [0.1, 0.15) is 57.1 Å². The molecule has 2 N–H and O–H groups in total. The Bertz CT molecular complexity index is 403. The van der Waals surface area contributed by atoms with E-state index in [0.29, 0.717) is 6.04 Å². The average molecular weight is 292 g/mol. The van der Waals surface area contributed by atoms with E-state index in [-0.39, 0.29) is 6.04 Å². The van der Waals surface area contributed by atoms with Gasteiger partial charge in [-0.05, 0) is 60.0 Å². The molecule has 0 bridgehead atoms. The van der Waals surface area contributed by atoms with Crippen molar-refractivity contribution >= 4 is 11.3 Å². The Morgan fingerprint density at radius 2 is 2.10 bits per heavy atom. The number of likely N-dealkylation sites (tertiary alicyclic amines) is 1. The molecule has 1 aliphatic carbocycles. The summed E-state index contributed by atoms with van der Waals surface area (Å²) >= 11 is 1.80. The van der Waals surface area contributed by atoms with E-state index in [4.69, 9.17) is 5.73 Å². The molecule has 112 valence electrons. The smallest absolute Gasteiger partial charge is 0.0507 e. The van der Waals surface area contributed by atoms with Gasteiger partial charge in [0.1, 0.15) is 0 Å². The summed E-state index contributed by atoms with van der Waals surface area (Å²) in [6, 6.07) is 2.98. The topological polar surface area (TPSA) is 29.3 Å². The molecule has 1 aliphatic heterocycles. The summed E-state index contributed by atoms with van der Waals surface area (Å²) in [6.45, 7) is 4.74. The second-order valence-electron chi connectivity index (χ2n) is 6.66. The molecule has 1 aromatic heterocycles. The third-order valence-corrected chi connectivity index (χ3v) is 6.18. The quantitative estimate of drug-likeness (QED) is 0.907. The molecule has 1 saturated heterocycles. The van der Waals surface area contributed by atoms with E-state index in [0.717, 1.165) is 18.3 Å². The van der Waals surface area contributed by atoms with Gasteiger partial charge >= 0.3 is 0 Å². The highest BCUT2D eigenvalue weighted by Gasteiger charge is 2.35. The van der Waals surface area contributed by atoms with Crippen molar-refractivity contribution in [1.82, 2.24) is 4.90 Å². The maximum Gasteiger partial charge on any atom is 0.0507 e. The molecule has 4 unspecified atom stereocenters. The Labute approximate surface area is 127 Å². The fourth-order valence-electron chi connectivity index (χ4n) is 4.28. The highest BCUT2D eigenvalue weighted by atomic mass is 32.1. The molecule has 1 saturated carbocycles. The Hall–Kier alpha value is -0.380. The van der Waals surface area contributed by atoms with Crippen LogP contribution in [0.3, 0.4) is 0 Å². The molecule has 0 spiro atoms. The molecule has 3 heteroatoms. The summed E-state index contributed by atoms with van der Waals surface area (Å²) in [5.74, 6) is 1.93. The normalized spacial score (nSPS) is 30.7. The monoisotopic (exact) mass is 292 g/mol. The summed E-state index contributed by atoms with van der Waals surface area (Å²) in [4.78, 5) is 2.70. The number of hydrogen-bond donors (Lipinski definition) is 1. The van der Waals surface area contributed by atoms with Gasteiger partial charge in [-0.3, -0.25) is 4.90 Å². The summed E-state index contributed by atoms with van der Waals surface area (Å²) in [7, 11) is 0. The van der Waals surface area contributed by atoms with Gasteiger partial charge in [-0.15, -0.1) is 0 Å². The van der Waals surface area contributed by atoms with Crippen molar-refractivity contribution < 1.29 is 0 Å². The zero-order valence-corrected chi connectivity index (χ0v) is 13.4. The lowest BCUT2D eigenvalue weighted by Gasteiger charge is -2.45. The highest BCUT2D eigenvalue weighted by molar-refractivity contribution is 7.07. The van der Waals surface area contributed by atoms with Crippen LogP contribution in [0, 0.1) is 11.8 Å². The van der Waals surface area contributed by atoms with Crippen LogP contribution in [0.5, 0.6) is 0 Å². The van der Waals surface area contributed by atoms with Gasteiger partial charge < -0.3 is 5.73 Å². The maximum absolute atomic E-state index is 6.47. The van der Waals surface area contributed by atoms with Crippen molar-refractivity contribution in [1.29, 1.82) is 0 Å². The lowest BCUT2D eigenvalue weighted by atomic mass is 9.74. The summed E-state index contributed by atoms with van der Waals surface area (Å²) in [6.07, 6.45) is 8.27. The number of nitrogens with two attached hydrogens (primary N) is 1. The van der Waals surface area contributed by atoms with E-state index >= 15 is 0 Å². The van der Waals surface area contributed by atoms with Gasteiger partial charge in [-0.2, -0.15) is 11.3 Å². The maximum atomic E-state index is 6.47. The van der Waals surface area contributed by atoms with Crippen LogP contribution >= 0.6 is 11.3 Å². The molecule has 3 rings (SSSR count). The number of fused-ring (bicyclic) bond motifs is 1. The van der Waals surface area contributed by atoms with Crippen LogP contribution in [-0.4, -0.2) is 24.0 Å². The van der Waals surface area contributed by atoms with Crippen LogP contribution < -0.4 is 5.73 Å². The minimum Gasteiger partial charge on any atom is -0.326 e. The Kier molecular flexibility index (Phi) is 4.79. The Morgan fingerprint density at radius 3 is 2.80 bits per heavy atom. The molecule has 20 heavy (non-hydrogen) atoms. The van der Waals surface area contributed by atoms with E-state index < -0.39 is 0 Å².